The number of alkyl halides is 3. The van der Waals surface area contributed by atoms with Gasteiger partial charge in [-0.3, -0.25) is 5.43 Å². The van der Waals surface area contributed by atoms with E-state index in [1.165, 1.54) is 0 Å². The largest absolute Gasteiger partial charge is 0.430 e. The number of hydrogen-bond donors (Lipinski definition) is 1. The summed E-state index contributed by atoms with van der Waals surface area (Å²) < 4.78 is 35.7. The predicted molar refractivity (Wildman–Crippen MR) is 29.2 cm³/mol. The molecule has 7 heteroatoms. The summed E-state index contributed by atoms with van der Waals surface area (Å²) in [5.41, 5.74) is 1.78. The second-order valence-electron chi connectivity index (χ2n) is 1.66. The molecule has 1 atom stereocenters. The van der Waals surface area contributed by atoms with Gasteiger partial charge in [0.2, 0.25) is 6.17 Å². The van der Waals surface area contributed by atoms with Gasteiger partial charge < -0.3 is 0 Å². The zero-order valence-electron chi connectivity index (χ0n) is 4.56. The maximum absolute atomic E-state index is 11.7. The molecule has 0 spiro atoms. The highest BCUT2D eigenvalue weighted by atomic mass is 35.5. The normalized spacial score (nSPS) is 25.2. The Morgan fingerprint density at radius 1 is 1.60 bits per heavy atom. The monoisotopic (exact) mass is 173 g/mol. The Hall–Kier alpha value is -0.650. The Morgan fingerprint density at radius 3 is 2.40 bits per heavy atom. The maximum atomic E-state index is 11.7. The summed E-state index contributed by atoms with van der Waals surface area (Å²) in [6.45, 7) is 0. The summed E-state index contributed by atoms with van der Waals surface area (Å²) in [6.07, 6.45) is -5.42. The summed E-state index contributed by atoms with van der Waals surface area (Å²) in [6, 6.07) is 0. The summed E-state index contributed by atoms with van der Waals surface area (Å²) >= 11 is 5.06. The minimum absolute atomic E-state index is 0.431. The van der Waals surface area contributed by atoms with Crippen molar-refractivity contribution in [2.45, 2.75) is 12.3 Å². The van der Waals surface area contributed by atoms with Crippen LogP contribution in [0.2, 0.25) is 0 Å². The maximum Gasteiger partial charge on any atom is 0.430 e. The number of hydrazone groups is 1. The molecule has 0 amide bonds. The molecule has 1 unspecified atom stereocenters. The fourth-order valence-corrected chi connectivity index (χ4v) is 0.692. The number of nitrogens with one attached hydrogen (secondary N) is 1. The van der Waals surface area contributed by atoms with Gasteiger partial charge in [0.25, 0.3) is 0 Å². The average molecular weight is 174 g/mol. The van der Waals surface area contributed by atoms with Crippen molar-refractivity contribution in [1.82, 2.24) is 9.84 Å². The molecule has 1 rings (SSSR count). The van der Waals surface area contributed by atoms with Crippen LogP contribution >= 0.6 is 11.8 Å². The van der Waals surface area contributed by atoms with Crippen molar-refractivity contribution in [3.8, 4) is 0 Å². The van der Waals surface area contributed by atoms with E-state index in [0.717, 1.165) is 6.34 Å². The van der Waals surface area contributed by atoms with Gasteiger partial charge in [0, 0.05) is 11.8 Å². The third kappa shape index (κ3) is 1.26. The fourth-order valence-electron chi connectivity index (χ4n) is 0.494. The van der Waals surface area contributed by atoms with E-state index in [0.29, 0.717) is 4.42 Å². The zero-order valence-corrected chi connectivity index (χ0v) is 5.32. The Kier molecular flexibility index (Phi) is 1.63. The van der Waals surface area contributed by atoms with Crippen LogP contribution in [0.4, 0.5) is 13.2 Å². The Morgan fingerprint density at radius 2 is 2.20 bits per heavy atom. The van der Waals surface area contributed by atoms with Gasteiger partial charge >= 0.3 is 6.18 Å². The molecular formula is C3H3ClF3N3. The van der Waals surface area contributed by atoms with Crippen LogP contribution in [0, 0.1) is 0 Å². The first-order valence-corrected chi connectivity index (χ1v) is 2.65. The molecule has 0 fully saturated rings. The van der Waals surface area contributed by atoms with Crippen molar-refractivity contribution in [1.29, 1.82) is 0 Å². The van der Waals surface area contributed by atoms with Gasteiger partial charge in [0.1, 0.15) is 6.34 Å². The van der Waals surface area contributed by atoms with E-state index >= 15 is 0 Å². The molecule has 58 valence electrons. The molecule has 0 aromatic rings. The van der Waals surface area contributed by atoms with E-state index in [1.54, 1.807) is 5.43 Å². The quantitative estimate of drug-likeness (QED) is 0.551. The fraction of sp³-hybridized carbons (Fsp3) is 0.667. The first kappa shape index (κ1) is 7.46. The topological polar surface area (TPSA) is 27.6 Å². The van der Waals surface area contributed by atoms with E-state index < -0.39 is 12.3 Å². The Bertz CT molecular complexity index is 156. The first-order chi connectivity index (χ1) is 4.52. The van der Waals surface area contributed by atoms with Crippen molar-refractivity contribution in [3.05, 3.63) is 0 Å². The highest BCUT2D eigenvalue weighted by molar-refractivity contribution is 6.19. The molecule has 0 radical (unpaired) electrons. The molecule has 1 aliphatic rings. The Balaban J connectivity index is 2.60. The van der Waals surface area contributed by atoms with E-state index in [9.17, 15) is 13.2 Å². The summed E-state index contributed by atoms with van der Waals surface area (Å²) in [5, 5.41) is 3.11. The molecule has 3 nitrogen and oxygen atoms in total. The van der Waals surface area contributed by atoms with E-state index in [2.05, 4.69) is 5.10 Å². The lowest BCUT2D eigenvalue weighted by Crippen LogP contribution is -2.44. The SMILES string of the molecule is FC(F)(F)C1NN=CN1Cl. The number of rotatable bonds is 0. The molecule has 1 aliphatic heterocycles. The molecule has 0 saturated carbocycles. The van der Waals surface area contributed by atoms with Crippen molar-refractivity contribution in [2.75, 3.05) is 0 Å². The highest BCUT2D eigenvalue weighted by Crippen LogP contribution is 2.24. The number of nitrogens with zero attached hydrogens (tertiary/aromatic N) is 2. The molecule has 0 bridgehead atoms. The van der Waals surface area contributed by atoms with Crippen molar-refractivity contribution in [2.24, 2.45) is 5.10 Å². The molecule has 0 aliphatic carbocycles. The minimum Gasteiger partial charge on any atom is -0.276 e. The standard InChI is InChI=1S/C3H3ClF3N3/c4-10-1-8-9-2(10)3(5,6)7/h1-2,9H. The minimum atomic E-state index is -4.39. The summed E-state index contributed by atoms with van der Waals surface area (Å²) in [5.74, 6) is 0. The lowest BCUT2D eigenvalue weighted by atomic mass is 10.5. The molecular weight excluding hydrogens is 171 g/mol. The van der Waals surface area contributed by atoms with Gasteiger partial charge in [-0.15, -0.1) is 0 Å². The smallest absolute Gasteiger partial charge is 0.276 e. The van der Waals surface area contributed by atoms with Crippen molar-refractivity contribution < 1.29 is 13.2 Å². The lowest BCUT2D eigenvalue weighted by Gasteiger charge is -2.18. The van der Waals surface area contributed by atoms with Crippen LogP contribution in [0.1, 0.15) is 0 Å². The van der Waals surface area contributed by atoms with Crippen LogP contribution in [0.3, 0.4) is 0 Å². The molecule has 0 aromatic carbocycles. The van der Waals surface area contributed by atoms with Crippen LogP contribution in [-0.4, -0.2) is 23.1 Å². The average Bonchev–Trinajstić information content (AvgIpc) is 2.11. The van der Waals surface area contributed by atoms with Crippen LogP contribution in [0.15, 0.2) is 5.10 Å². The van der Waals surface area contributed by atoms with Crippen LogP contribution in [0.25, 0.3) is 0 Å². The summed E-state index contributed by atoms with van der Waals surface area (Å²) in [7, 11) is 0. The third-order valence-electron chi connectivity index (χ3n) is 0.922. The lowest BCUT2D eigenvalue weighted by molar-refractivity contribution is -0.168. The third-order valence-corrected chi connectivity index (χ3v) is 1.20. The second-order valence-corrected chi connectivity index (χ2v) is 2.05. The van der Waals surface area contributed by atoms with Crippen LogP contribution in [-0.2, 0) is 0 Å². The highest BCUT2D eigenvalue weighted by Gasteiger charge is 2.45. The number of hydrogen-bond acceptors (Lipinski definition) is 3. The Labute approximate surface area is 59.6 Å². The molecule has 1 N–H and O–H groups in total. The van der Waals surface area contributed by atoms with Crippen molar-refractivity contribution >= 4 is 18.1 Å². The zero-order chi connectivity index (χ0) is 7.78. The van der Waals surface area contributed by atoms with Gasteiger partial charge in [0.15, 0.2) is 0 Å². The molecule has 10 heavy (non-hydrogen) atoms. The number of halogens is 4. The van der Waals surface area contributed by atoms with Gasteiger partial charge in [-0.05, 0) is 0 Å². The second kappa shape index (κ2) is 2.19. The van der Waals surface area contributed by atoms with Gasteiger partial charge in [-0.25, -0.2) is 4.42 Å². The van der Waals surface area contributed by atoms with E-state index in [1.807, 2.05) is 0 Å². The first-order valence-electron chi connectivity index (χ1n) is 2.31. The van der Waals surface area contributed by atoms with Gasteiger partial charge in [-0.2, -0.15) is 18.3 Å². The van der Waals surface area contributed by atoms with E-state index in [4.69, 9.17) is 11.8 Å². The van der Waals surface area contributed by atoms with Crippen molar-refractivity contribution in [3.63, 3.8) is 0 Å². The van der Waals surface area contributed by atoms with Crippen LogP contribution < -0.4 is 5.43 Å². The predicted octanol–water partition coefficient (Wildman–Crippen LogP) is 0.877. The summed E-state index contributed by atoms with van der Waals surface area (Å²) in [4.78, 5) is 0. The molecule has 1 heterocycles. The van der Waals surface area contributed by atoms with Gasteiger partial charge in [0.05, 0.1) is 0 Å². The molecule has 0 saturated heterocycles. The van der Waals surface area contributed by atoms with E-state index in [-0.39, 0.29) is 0 Å². The van der Waals surface area contributed by atoms with Gasteiger partial charge in [-0.1, -0.05) is 0 Å². The molecule has 0 aromatic heterocycles. The van der Waals surface area contributed by atoms with Crippen LogP contribution in [0.5, 0.6) is 0 Å².